The number of hydrogen-bond donors (Lipinski definition) is 1. The van der Waals surface area contributed by atoms with Crippen LogP contribution in [0, 0.1) is 5.82 Å². The Kier molecular flexibility index (Phi) is 4.67. The highest BCUT2D eigenvalue weighted by atomic mass is 32.2. The summed E-state index contributed by atoms with van der Waals surface area (Å²) in [5.41, 5.74) is 10.3. The molecule has 2 heterocycles. The van der Waals surface area contributed by atoms with Crippen LogP contribution in [0.3, 0.4) is 0 Å². The molecule has 0 amide bonds. The van der Waals surface area contributed by atoms with Crippen molar-refractivity contribution in [2.75, 3.05) is 0 Å². The van der Waals surface area contributed by atoms with Gasteiger partial charge in [0.05, 0.1) is 6.04 Å². The summed E-state index contributed by atoms with van der Waals surface area (Å²) in [4.78, 5) is 12.8. The minimum atomic E-state index is -0.231. The smallest absolute Gasteiger partial charge is 0.155 e. The molecule has 0 fully saturated rings. The number of rotatable bonds is 3. The third-order valence-corrected chi connectivity index (χ3v) is 5.49. The highest BCUT2D eigenvalue weighted by Crippen LogP contribution is 2.43. The van der Waals surface area contributed by atoms with Gasteiger partial charge in [0.1, 0.15) is 12.1 Å². The monoisotopic (exact) mass is 364 g/mol. The molecule has 0 bridgehead atoms. The van der Waals surface area contributed by atoms with E-state index in [0.29, 0.717) is 5.17 Å². The number of amidine groups is 1. The molecule has 0 aliphatic carbocycles. The standard InChI is InChI=1S/C20H17FN4S/c21-17-6-4-13(5-7-17)19-9-18(25-20(22)26-19)15-3-1-2-14(8-15)16-10-23-12-24-11-16/h1-8,10-12,18-19H,9H2,(H2,22,25)/t18-,19-/m0/s1. The Morgan fingerprint density at radius 3 is 2.50 bits per heavy atom. The van der Waals surface area contributed by atoms with Crippen LogP contribution in [0.25, 0.3) is 11.1 Å². The molecule has 0 spiro atoms. The molecule has 1 aliphatic rings. The Bertz CT molecular complexity index is 928. The molecule has 1 aliphatic heterocycles. The first-order valence-corrected chi connectivity index (χ1v) is 9.18. The second-order valence-corrected chi connectivity index (χ2v) is 7.35. The summed E-state index contributed by atoms with van der Waals surface area (Å²) >= 11 is 1.53. The van der Waals surface area contributed by atoms with E-state index in [9.17, 15) is 4.39 Å². The van der Waals surface area contributed by atoms with Crippen molar-refractivity contribution in [3.63, 3.8) is 0 Å². The van der Waals surface area contributed by atoms with Gasteiger partial charge in [-0.3, -0.25) is 4.99 Å². The highest BCUT2D eigenvalue weighted by Gasteiger charge is 2.26. The van der Waals surface area contributed by atoms with Gasteiger partial charge in [0, 0.05) is 23.2 Å². The molecule has 4 nitrogen and oxygen atoms in total. The van der Waals surface area contributed by atoms with E-state index in [4.69, 9.17) is 5.73 Å². The summed E-state index contributed by atoms with van der Waals surface area (Å²) < 4.78 is 13.2. The largest absolute Gasteiger partial charge is 0.379 e. The summed E-state index contributed by atoms with van der Waals surface area (Å²) in [6.45, 7) is 0. The van der Waals surface area contributed by atoms with Gasteiger partial charge in [-0.1, -0.05) is 42.1 Å². The Labute approximate surface area is 155 Å². The lowest BCUT2D eigenvalue weighted by Gasteiger charge is -2.26. The van der Waals surface area contributed by atoms with Gasteiger partial charge in [-0.15, -0.1) is 0 Å². The SMILES string of the molecule is NC1=N[C@H](c2cccc(-c3cncnc3)c2)C[C@@H](c2ccc(F)cc2)S1. The molecule has 0 saturated carbocycles. The van der Waals surface area contributed by atoms with Gasteiger partial charge in [-0.2, -0.15) is 0 Å². The van der Waals surface area contributed by atoms with E-state index in [0.717, 1.165) is 28.7 Å². The molecule has 2 aromatic carbocycles. The molecule has 26 heavy (non-hydrogen) atoms. The second-order valence-electron chi connectivity index (χ2n) is 6.13. The lowest BCUT2D eigenvalue weighted by molar-refractivity contribution is 0.621. The van der Waals surface area contributed by atoms with Gasteiger partial charge in [0.15, 0.2) is 5.17 Å². The normalized spacial score (nSPS) is 19.8. The Morgan fingerprint density at radius 2 is 1.73 bits per heavy atom. The van der Waals surface area contributed by atoms with E-state index in [-0.39, 0.29) is 17.1 Å². The average Bonchev–Trinajstić information content (AvgIpc) is 2.69. The molecular weight excluding hydrogens is 347 g/mol. The van der Waals surface area contributed by atoms with Crippen LogP contribution in [0.2, 0.25) is 0 Å². The fourth-order valence-electron chi connectivity index (χ4n) is 3.10. The zero-order chi connectivity index (χ0) is 17.9. The molecule has 130 valence electrons. The number of nitrogens with zero attached hydrogens (tertiary/aromatic N) is 3. The number of aliphatic imine (C=N–C) groups is 1. The topological polar surface area (TPSA) is 64.2 Å². The maximum atomic E-state index is 13.2. The third kappa shape index (κ3) is 3.60. The maximum absolute atomic E-state index is 13.2. The van der Waals surface area contributed by atoms with Crippen LogP contribution in [0.5, 0.6) is 0 Å². The second kappa shape index (κ2) is 7.25. The van der Waals surface area contributed by atoms with Crippen LogP contribution in [0.4, 0.5) is 4.39 Å². The quantitative estimate of drug-likeness (QED) is 0.742. The highest BCUT2D eigenvalue weighted by molar-refractivity contribution is 8.14. The Hall–Kier alpha value is -2.73. The molecule has 3 aromatic rings. The van der Waals surface area contributed by atoms with Crippen molar-refractivity contribution >= 4 is 16.9 Å². The molecule has 0 radical (unpaired) electrons. The van der Waals surface area contributed by atoms with Crippen LogP contribution < -0.4 is 5.73 Å². The summed E-state index contributed by atoms with van der Waals surface area (Å²) in [7, 11) is 0. The van der Waals surface area contributed by atoms with E-state index in [1.54, 1.807) is 12.4 Å². The first-order valence-electron chi connectivity index (χ1n) is 8.30. The number of thioether (sulfide) groups is 1. The fraction of sp³-hybridized carbons (Fsp3) is 0.150. The molecular formula is C20H17FN4S. The number of benzene rings is 2. The van der Waals surface area contributed by atoms with E-state index in [1.165, 1.54) is 30.2 Å². The van der Waals surface area contributed by atoms with Gasteiger partial charge in [-0.05, 0) is 41.3 Å². The van der Waals surface area contributed by atoms with E-state index < -0.39 is 0 Å². The van der Waals surface area contributed by atoms with Crippen LogP contribution in [-0.4, -0.2) is 15.1 Å². The lowest BCUT2D eigenvalue weighted by atomic mass is 9.96. The van der Waals surface area contributed by atoms with Crippen molar-refractivity contribution in [3.8, 4) is 11.1 Å². The lowest BCUT2D eigenvalue weighted by Crippen LogP contribution is -2.18. The Balaban J connectivity index is 1.63. The maximum Gasteiger partial charge on any atom is 0.155 e. The van der Waals surface area contributed by atoms with Gasteiger partial charge < -0.3 is 5.73 Å². The van der Waals surface area contributed by atoms with Crippen molar-refractivity contribution in [3.05, 3.63) is 84.2 Å². The first-order chi connectivity index (χ1) is 12.7. The number of hydrogen-bond acceptors (Lipinski definition) is 5. The summed E-state index contributed by atoms with van der Waals surface area (Å²) in [5, 5.41) is 0.714. The van der Waals surface area contributed by atoms with Crippen LogP contribution in [-0.2, 0) is 0 Å². The summed E-state index contributed by atoms with van der Waals surface area (Å²) in [5.74, 6) is -0.231. The van der Waals surface area contributed by atoms with E-state index in [1.807, 2.05) is 24.3 Å². The predicted octanol–water partition coefficient (Wildman–Crippen LogP) is 4.52. The van der Waals surface area contributed by atoms with Gasteiger partial charge >= 0.3 is 0 Å². The van der Waals surface area contributed by atoms with Crippen molar-refractivity contribution in [2.45, 2.75) is 17.7 Å². The van der Waals surface area contributed by atoms with Crippen molar-refractivity contribution in [1.82, 2.24) is 9.97 Å². The number of nitrogens with two attached hydrogens (primary N) is 1. The van der Waals surface area contributed by atoms with Crippen LogP contribution in [0.1, 0.15) is 28.8 Å². The molecule has 6 heteroatoms. The van der Waals surface area contributed by atoms with Gasteiger partial charge in [-0.25, -0.2) is 14.4 Å². The summed E-state index contributed by atoms with van der Waals surface area (Å²) in [6, 6.07) is 14.8. The number of halogens is 1. The molecule has 1 aromatic heterocycles. The number of aromatic nitrogens is 2. The van der Waals surface area contributed by atoms with Crippen molar-refractivity contribution in [1.29, 1.82) is 0 Å². The van der Waals surface area contributed by atoms with Crippen LogP contribution in [0.15, 0.2) is 72.2 Å². The van der Waals surface area contributed by atoms with Crippen molar-refractivity contribution in [2.24, 2.45) is 10.7 Å². The minimum absolute atomic E-state index is 0.0316. The molecule has 0 saturated heterocycles. The van der Waals surface area contributed by atoms with Gasteiger partial charge in [0.2, 0.25) is 0 Å². The molecule has 2 atom stereocenters. The van der Waals surface area contributed by atoms with E-state index >= 15 is 0 Å². The van der Waals surface area contributed by atoms with Crippen molar-refractivity contribution < 1.29 is 4.39 Å². The van der Waals surface area contributed by atoms with Gasteiger partial charge in [0.25, 0.3) is 0 Å². The zero-order valence-corrected chi connectivity index (χ0v) is 14.7. The van der Waals surface area contributed by atoms with Crippen LogP contribution >= 0.6 is 11.8 Å². The molecule has 4 rings (SSSR count). The third-order valence-electron chi connectivity index (χ3n) is 4.39. The zero-order valence-electron chi connectivity index (χ0n) is 13.9. The average molecular weight is 364 g/mol. The minimum Gasteiger partial charge on any atom is -0.379 e. The fourth-order valence-corrected chi connectivity index (χ4v) is 4.15. The first kappa shape index (κ1) is 16.7. The molecule has 2 N–H and O–H groups in total. The Morgan fingerprint density at radius 1 is 0.962 bits per heavy atom. The van der Waals surface area contributed by atoms with E-state index in [2.05, 4.69) is 27.1 Å². The molecule has 0 unspecified atom stereocenters. The predicted molar refractivity (Wildman–Crippen MR) is 103 cm³/mol. The summed E-state index contributed by atoms with van der Waals surface area (Å²) in [6.07, 6.45) is 5.92.